The molecule has 2 N–H and O–H groups in total. The van der Waals surface area contributed by atoms with Gasteiger partial charge in [0.25, 0.3) is 0 Å². The van der Waals surface area contributed by atoms with Crippen LogP contribution in [0.2, 0.25) is 0 Å². The molecule has 6 rings (SSSR count). The summed E-state index contributed by atoms with van der Waals surface area (Å²) in [5, 5.41) is 25.5. The van der Waals surface area contributed by atoms with E-state index in [2.05, 4.69) is 93.1 Å². The van der Waals surface area contributed by atoms with Gasteiger partial charge in [0.1, 0.15) is 32.4 Å². The summed E-state index contributed by atoms with van der Waals surface area (Å²) in [5.74, 6) is -0.571. The Hall–Kier alpha value is -3.84. The van der Waals surface area contributed by atoms with Crippen molar-refractivity contribution >= 4 is 78.6 Å². The number of hydrogen-bond donors (Lipinski definition) is 2. The molecule has 12 heteroatoms. The highest BCUT2D eigenvalue weighted by molar-refractivity contribution is 7.99. The Kier molecular flexibility index (Phi) is 10.6. The number of thiophene rings is 2. The third kappa shape index (κ3) is 7.81. The van der Waals surface area contributed by atoms with Gasteiger partial charge in [-0.05, 0) is 25.0 Å². The first-order chi connectivity index (χ1) is 21.3. The average Bonchev–Trinajstić information content (AvgIpc) is 3.64. The highest BCUT2D eigenvalue weighted by Crippen LogP contribution is 2.39. The molecule has 0 aliphatic carbocycles. The summed E-state index contributed by atoms with van der Waals surface area (Å²) in [6, 6.07) is 16.7. The Morgan fingerprint density at radius 2 is 1.02 bits per heavy atom. The standard InChI is InChI=1S/2C16H14N2O2S2/c2*1-10-2-4-11(5-3-10)12-8-22-16-14(12)15(17-9-18-16)21-7-6-13(19)20/h2*2-5,8-9H,6-7H2,1H3,(H,19,20). The van der Waals surface area contributed by atoms with E-state index in [9.17, 15) is 9.59 Å². The molecular formula is C32H28N4O4S4. The molecule has 8 nitrogen and oxygen atoms in total. The van der Waals surface area contributed by atoms with Crippen molar-refractivity contribution in [3.8, 4) is 22.3 Å². The fourth-order valence-corrected chi connectivity index (χ4v) is 8.12. The van der Waals surface area contributed by atoms with Crippen molar-refractivity contribution in [2.45, 2.75) is 36.7 Å². The van der Waals surface area contributed by atoms with Gasteiger partial charge in [0, 0.05) is 33.4 Å². The fraction of sp³-hybridized carbons (Fsp3) is 0.188. The summed E-state index contributed by atoms with van der Waals surface area (Å²) < 4.78 is 0. The van der Waals surface area contributed by atoms with Gasteiger partial charge in [-0.15, -0.1) is 46.2 Å². The third-order valence-corrected chi connectivity index (χ3v) is 10.3. The topological polar surface area (TPSA) is 126 Å². The average molecular weight is 661 g/mol. The number of fused-ring (bicyclic) bond motifs is 2. The summed E-state index contributed by atoms with van der Waals surface area (Å²) in [6.07, 6.45) is 3.34. The van der Waals surface area contributed by atoms with Crippen LogP contribution in [-0.4, -0.2) is 53.6 Å². The maximum Gasteiger partial charge on any atom is 0.304 e. The Labute approximate surface area is 270 Å². The molecule has 0 amide bonds. The van der Waals surface area contributed by atoms with Crippen LogP contribution in [0.1, 0.15) is 24.0 Å². The van der Waals surface area contributed by atoms with E-state index in [0.29, 0.717) is 11.5 Å². The number of carbonyl (C=O) groups is 2. The van der Waals surface area contributed by atoms with Gasteiger partial charge < -0.3 is 10.2 Å². The van der Waals surface area contributed by atoms with Crippen LogP contribution < -0.4 is 0 Å². The normalized spacial score (nSPS) is 11.0. The van der Waals surface area contributed by atoms with Crippen molar-refractivity contribution in [2.75, 3.05) is 11.5 Å². The van der Waals surface area contributed by atoms with Gasteiger partial charge >= 0.3 is 11.9 Å². The Morgan fingerprint density at radius 1 is 0.636 bits per heavy atom. The molecule has 4 aromatic heterocycles. The highest BCUT2D eigenvalue weighted by Gasteiger charge is 2.15. The van der Waals surface area contributed by atoms with Crippen molar-refractivity contribution in [2.24, 2.45) is 0 Å². The number of thioether (sulfide) groups is 2. The second-order valence-corrected chi connectivity index (χ2v) is 13.6. The van der Waals surface area contributed by atoms with E-state index < -0.39 is 11.9 Å². The van der Waals surface area contributed by atoms with Crippen molar-refractivity contribution in [1.29, 1.82) is 0 Å². The lowest BCUT2D eigenvalue weighted by atomic mass is 10.1. The summed E-state index contributed by atoms with van der Waals surface area (Å²) >= 11 is 6.11. The molecule has 6 aromatic rings. The zero-order valence-corrected chi connectivity index (χ0v) is 27.2. The molecular weight excluding hydrogens is 633 g/mol. The van der Waals surface area contributed by atoms with Crippen molar-refractivity contribution in [3.05, 3.63) is 83.1 Å². The van der Waals surface area contributed by atoms with E-state index in [1.54, 1.807) is 35.3 Å². The molecule has 0 aliphatic rings. The number of aromatic nitrogens is 4. The number of rotatable bonds is 10. The van der Waals surface area contributed by atoms with Gasteiger partial charge in [-0.1, -0.05) is 59.7 Å². The molecule has 44 heavy (non-hydrogen) atoms. The molecule has 0 atom stereocenters. The minimum atomic E-state index is -0.790. The number of carboxylic acids is 2. The molecule has 0 spiro atoms. The van der Waals surface area contributed by atoms with Crippen LogP contribution in [-0.2, 0) is 9.59 Å². The summed E-state index contributed by atoms with van der Waals surface area (Å²) in [6.45, 7) is 4.12. The number of aryl methyl sites for hydroxylation is 2. The third-order valence-electron chi connectivity index (χ3n) is 6.51. The number of nitrogens with zero attached hydrogens (tertiary/aromatic N) is 4. The summed E-state index contributed by atoms with van der Waals surface area (Å²) in [5.41, 5.74) is 6.92. The quantitative estimate of drug-likeness (QED) is 0.109. The van der Waals surface area contributed by atoms with Gasteiger partial charge in [0.2, 0.25) is 0 Å². The van der Waals surface area contributed by atoms with Crippen LogP contribution in [0.4, 0.5) is 0 Å². The Balaban J connectivity index is 0.000000175. The predicted molar refractivity (Wildman–Crippen MR) is 181 cm³/mol. The number of hydrogen-bond acceptors (Lipinski definition) is 10. The monoisotopic (exact) mass is 660 g/mol. The molecule has 0 unspecified atom stereocenters. The molecule has 0 saturated carbocycles. The van der Waals surface area contributed by atoms with Crippen molar-refractivity contribution in [1.82, 2.24) is 19.9 Å². The van der Waals surface area contributed by atoms with Gasteiger partial charge in [0.15, 0.2) is 0 Å². The van der Waals surface area contributed by atoms with Crippen LogP contribution in [0.3, 0.4) is 0 Å². The second kappa shape index (κ2) is 14.8. The van der Waals surface area contributed by atoms with Crippen LogP contribution in [0.5, 0.6) is 0 Å². The lowest BCUT2D eigenvalue weighted by Gasteiger charge is -2.05. The van der Waals surface area contributed by atoms with Gasteiger partial charge in [-0.3, -0.25) is 9.59 Å². The van der Waals surface area contributed by atoms with Gasteiger partial charge in [-0.25, -0.2) is 19.9 Å². The smallest absolute Gasteiger partial charge is 0.304 e. The lowest BCUT2D eigenvalue weighted by molar-refractivity contribution is -0.137. The van der Waals surface area contributed by atoms with Gasteiger partial charge in [-0.2, -0.15) is 0 Å². The van der Waals surface area contributed by atoms with E-state index >= 15 is 0 Å². The second-order valence-electron chi connectivity index (χ2n) is 9.73. The maximum atomic E-state index is 10.7. The Morgan fingerprint density at radius 3 is 1.39 bits per heavy atom. The van der Waals surface area contributed by atoms with Crippen molar-refractivity contribution < 1.29 is 19.8 Å². The first kappa shape index (κ1) is 31.6. The van der Waals surface area contributed by atoms with E-state index in [-0.39, 0.29) is 12.8 Å². The number of carboxylic acid groups (broad SMARTS) is 2. The van der Waals surface area contributed by atoms with E-state index in [4.69, 9.17) is 10.2 Å². The maximum absolute atomic E-state index is 10.7. The van der Waals surface area contributed by atoms with E-state index in [1.807, 2.05) is 0 Å². The van der Waals surface area contributed by atoms with Crippen molar-refractivity contribution in [3.63, 3.8) is 0 Å². The Bertz CT molecular complexity index is 1760. The molecule has 4 heterocycles. The van der Waals surface area contributed by atoms with Gasteiger partial charge in [0.05, 0.1) is 23.6 Å². The SMILES string of the molecule is Cc1ccc(-c2csc3ncnc(SCCC(=O)O)c23)cc1.Cc1ccc(-c2csc3ncnc(SCCC(=O)O)c23)cc1. The fourth-order valence-electron chi connectivity index (χ4n) is 4.28. The molecule has 0 radical (unpaired) electrons. The predicted octanol–water partition coefficient (Wildman–Crippen LogP) is 8.47. The first-order valence-electron chi connectivity index (χ1n) is 13.6. The van der Waals surface area contributed by atoms with Crippen LogP contribution in [0, 0.1) is 13.8 Å². The molecule has 0 fully saturated rings. The van der Waals surface area contributed by atoms with Crippen LogP contribution in [0.15, 0.2) is 82.0 Å². The molecule has 2 aromatic carbocycles. The largest absolute Gasteiger partial charge is 0.481 e. The van der Waals surface area contributed by atoms with Crippen LogP contribution >= 0.6 is 46.2 Å². The first-order valence-corrected chi connectivity index (χ1v) is 17.3. The molecule has 0 bridgehead atoms. The zero-order valence-electron chi connectivity index (χ0n) is 23.9. The van der Waals surface area contributed by atoms with Crippen LogP contribution in [0.25, 0.3) is 42.7 Å². The lowest BCUT2D eigenvalue weighted by Crippen LogP contribution is -1.96. The summed E-state index contributed by atoms with van der Waals surface area (Å²) in [7, 11) is 0. The number of benzene rings is 2. The summed E-state index contributed by atoms with van der Waals surface area (Å²) in [4.78, 5) is 40.6. The molecule has 0 aliphatic heterocycles. The minimum absolute atomic E-state index is 0.125. The molecule has 224 valence electrons. The minimum Gasteiger partial charge on any atom is -0.481 e. The van der Waals surface area contributed by atoms with E-state index in [1.165, 1.54) is 34.7 Å². The highest BCUT2D eigenvalue weighted by atomic mass is 32.2. The number of aliphatic carboxylic acids is 2. The van der Waals surface area contributed by atoms with E-state index in [0.717, 1.165) is 52.7 Å². The zero-order chi connectivity index (χ0) is 31.1. The molecule has 0 saturated heterocycles.